The van der Waals surface area contributed by atoms with E-state index in [9.17, 15) is 0 Å². The molecule has 0 aliphatic rings. The van der Waals surface area contributed by atoms with E-state index in [2.05, 4.69) is 26.2 Å². The highest BCUT2D eigenvalue weighted by molar-refractivity contribution is 9.10. The Bertz CT molecular complexity index is 573. The molecule has 1 aromatic carbocycles. The summed E-state index contributed by atoms with van der Waals surface area (Å²) < 4.78 is 12.4. The smallest absolute Gasteiger partial charge is 0.161 e. The second-order valence-electron chi connectivity index (χ2n) is 4.50. The monoisotopic (exact) mass is 350 g/mol. The van der Waals surface area contributed by atoms with Crippen molar-refractivity contribution < 1.29 is 9.47 Å². The van der Waals surface area contributed by atoms with Crippen molar-refractivity contribution in [2.24, 2.45) is 0 Å². The highest BCUT2D eigenvalue weighted by atomic mass is 79.9. The number of hydrogen-bond donors (Lipinski definition) is 1. The number of nitrogens with zero attached hydrogens (tertiary/aromatic N) is 1. The number of pyridine rings is 1. The van der Waals surface area contributed by atoms with Gasteiger partial charge in [0.1, 0.15) is 6.61 Å². The van der Waals surface area contributed by atoms with Gasteiger partial charge in [0.2, 0.25) is 0 Å². The fourth-order valence-corrected chi connectivity index (χ4v) is 2.13. The third-order valence-corrected chi connectivity index (χ3v) is 3.32. The van der Waals surface area contributed by atoms with Crippen molar-refractivity contribution in [2.45, 2.75) is 20.1 Å². The second kappa shape index (κ2) is 8.00. The molecule has 1 heterocycles. The third-order valence-electron chi connectivity index (χ3n) is 2.85. The van der Waals surface area contributed by atoms with Crippen molar-refractivity contribution in [1.29, 1.82) is 0 Å². The third kappa shape index (κ3) is 4.72. The SMILES string of the molecule is CCOc1cc(CNC)ccc1OCc1ccc(Br)cn1. The Morgan fingerprint density at radius 3 is 2.67 bits per heavy atom. The summed E-state index contributed by atoms with van der Waals surface area (Å²) in [6.07, 6.45) is 1.76. The quantitative estimate of drug-likeness (QED) is 0.829. The lowest BCUT2D eigenvalue weighted by atomic mass is 10.2. The van der Waals surface area contributed by atoms with Crippen LogP contribution < -0.4 is 14.8 Å². The molecule has 0 spiro atoms. The highest BCUT2D eigenvalue weighted by Gasteiger charge is 2.07. The summed E-state index contributed by atoms with van der Waals surface area (Å²) in [5.74, 6) is 1.50. The minimum absolute atomic E-state index is 0.415. The Labute approximate surface area is 133 Å². The van der Waals surface area contributed by atoms with Gasteiger partial charge in [-0.25, -0.2) is 0 Å². The first kappa shape index (κ1) is 15.8. The Hall–Kier alpha value is -1.59. The number of nitrogens with one attached hydrogen (secondary N) is 1. The number of ether oxygens (including phenoxy) is 2. The molecule has 0 saturated heterocycles. The first-order valence-electron chi connectivity index (χ1n) is 6.86. The molecule has 0 amide bonds. The zero-order valence-corrected chi connectivity index (χ0v) is 13.8. The molecule has 1 N–H and O–H groups in total. The van der Waals surface area contributed by atoms with Crippen molar-refractivity contribution in [2.75, 3.05) is 13.7 Å². The van der Waals surface area contributed by atoms with Crippen LogP contribution in [0, 0.1) is 0 Å². The summed E-state index contributed by atoms with van der Waals surface area (Å²) in [7, 11) is 1.92. The normalized spacial score (nSPS) is 10.4. The molecule has 1 aromatic heterocycles. The molecule has 0 saturated carbocycles. The fraction of sp³-hybridized carbons (Fsp3) is 0.312. The first-order chi connectivity index (χ1) is 10.2. The van der Waals surface area contributed by atoms with Gasteiger partial charge < -0.3 is 14.8 Å². The van der Waals surface area contributed by atoms with E-state index in [4.69, 9.17) is 9.47 Å². The van der Waals surface area contributed by atoms with Crippen LogP contribution in [0.25, 0.3) is 0 Å². The maximum absolute atomic E-state index is 5.83. The molecule has 0 unspecified atom stereocenters. The molecule has 4 nitrogen and oxygen atoms in total. The topological polar surface area (TPSA) is 43.4 Å². The van der Waals surface area contributed by atoms with Crippen molar-refractivity contribution in [3.8, 4) is 11.5 Å². The molecular weight excluding hydrogens is 332 g/mol. The van der Waals surface area contributed by atoms with Gasteiger partial charge in [0.05, 0.1) is 12.3 Å². The molecular formula is C16H19BrN2O2. The molecule has 0 aliphatic heterocycles. The van der Waals surface area contributed by atoms with Crippen LogP contribution in [0.3, 0.4) is 0 Å². The minimum atomic E-state index is 0.415. The van der Waals surface area contributed by atoms with E-state index in [1.807, 2.05) is 44.3 Å². The van der Waals surface area contributed by atoms with Crippen LogP contribution >= 0.6 is 15.9 Å². The van der Waals surface area contributed by atoms with Crippen molar-refractivity contribution in [3.63, 3.8) is 0 Å². The summed E-state index contributed by atoms with van der Waals surface area (Å²) in [4.78, 5) is 4.29. The molecule has 2 aromatic rings. The standard InChI is InChI=1S/C16H19BrN2O2/c1-3-20-16-8-12(9-18-2)4-7-15(16)21-11-14-6-5-13(17)10-19-14/h4-8,10,18H,3,9,11H2,1-2H3. The van der Waals surface area contributed by atoms with E-state index >= 15 is 0 Å². The fourth-order valence-electron chi connectivity index (χ4n) is 1.90. The Morgan fingerprint density at radius 2 is 2.00 bits per heavy atom. The number of rotatable bonds is 7. The minimum Gasteiger partial charge on any atom is -0.490 e. The van der Waals surface area contributed by atoms with Crippen LogP contribution in [0.5, 0.6) is 11.5 Å². The first-order valence-corrected chi connectivity index (χ1v) is 7.65. The number of benzene rings is 1. The zero-order valence-electron chi connectivity index (χ0n) is 12.2. The summed E-state index contributed by atoms with van der Waals surface area (Å²) in [6, 6.07) is 9.86. The van der Waals surface area contributed by atoms with Crippen LogP contribution in [-0.4, -0.2) is 18.6 Å². The lowest BCUT2D eigenvalue weighted by molar-refractivity contribution is 0.266. The molecule has 0 atom stereocenters. The van der Waals surface area contributed by atoms with Gasteiger partial charge in [-0.3, -0.25) is 4.98 Å². The Morgan fingerprint density at radius 1 is 1.14 bits per heavy atom. The number of aromatic nitrogens is 1. The van der Waals surface area contributed by atoms with Gasteiger partial charge in [-0.15, -0.1) is 0 Å². The molecule has 2 rings (SSSR count). The second-order valence-corrected chi connectivity index (χ2v) is 5.42. The highest BCUT2D eigenvalue weighted by Crippen LogP contribution is 2.29. The molecule has 0 bridgehead atoms. The van der Waals surface area contributed by atoms with Gasteiger partial charge in [-0.2, -0.15) is 0 Å². The predicted molar refractivity (Wildman–Crippen MR) is 86.6 cm³/mol. The van der Waals surface area contributed by atoms with Gasteiger partial charge in [0.25, 0.3) is 0 Å². The Kier molecular flexibility index (Phi) is 6.02. The average molecular weight is 351 g/mol. The lowest BCUT2D eigenvalue weighted by Crippen LogP contribution is -2.06. The van der Waals surface area contributed by atoms with Gasteiger partial charge in [0, 0.05) is 17.2 Å². The predicted octanol–water partition coefficient (Wildman–Crippen LogP) is 3.54. The summed E-state index contributed by atoms with van der Waals surface area (Å²) in [5, 5.41) is 3.13. The van der Waals surface area contributed by atoms with Crippen LogP contribution in [-0.2, 0) is 13.2 Å². The van der Waals surface area contributed by atoms with E-state index < -0.39 is 0 Å². The van der Waals surface area contributed by atoms with E-state index in [-0.39, 0.29) is 0 Å². The molecule has 0 aliphatic carbocycles. The molecule has 112 valence electrons. The van der Waals surface area contributed by atoms with Crippen LogP contribution in [0.15, 0.2) is 41.0 Å². The van der Waals surface area contributed by atoms with Crippen LogP contribution in [0.4, 0.5) is 0 Å². The van der Waals surface area contributed by atoms with Gasteiger partial charge in [-0.05, 0) is 59.7 Å². The average Bonchev–Trinajstić information content (AvgIpc) is 2.49. The van der Waals surface area contributed by atoms with Crippen LogP contribution in [0.2, 0.25) is 0 Å². The van der Waals surface area contributed by atoms with Crippen LogP contribution in [0.1, 0.15) is 18.2 Å². The molecule has 21 heavy (non-hydrogen) atoms. The Balaban J connectivity index is 2.09. The van der Waals surface area contributed by atoms with E-state index in [0.29, 0.717) is 13.2 Å². The number of halogens is 1. The van der Waals surface area contributed by atoms with Crippen molar-refractivity contribution in [1.82, 2.24) is 10.3 Å². The summed E-state index contributed by atoms with van der Waals surface area (Å²) in [5.41, 5.74) is 2.04. The van der Waals surface area contributed by atoms with Gasteiger partial charge >= 0.3 is 0 Å². The van der Waals surface area contributed by atoms with Crippen molar-refractivity contribution >= 4 is 15.9 Å². The molecule has 0 fully saturated rings. The molecule has 5 heteroatoms. The maximum atomic E-state index is 5.83. The summed E-state index contributed by atoms with van der Waals surface area (Å²) >= 11 is 3.37. The van der Waals surface area contributed by atoms with E-state index in [0.717, 1.165) is 33.8 Å². The van der Waals surface area contributed by atoms with Gasteiger partial charge in [0.15, 0.2) is 11.5 Å². The summed E-state index contributed by atoms with van der Waals surface area (Å²) in [6.45, 7) is 3.79. The number of hydrogen-bond acceptors (Lipinski definition) is 4. The maximum Gasteiger partial charge on any atom is 0.161 e. The zero-order chi connectivity index (χ0) is 15.1. The largest absolute Gasteiger partial charge is 0.490 e. The van der Waals surface area contributed by atoms with E-state index in [1.54, 1.807) is 6.20 Å². The van der Waals surface area contributed by atoms with E-state index in [1.165, 1.54) is 0 Å². The molecule has 0 radical (unpaired) electrons. The van der Waals surface area contributed by atoms with Gasteiger partial charge in [-0.1, -0.05) is 6.07 Å². The lowest BCUT2D eigenvalue weighted by Gasteiger charge is -2.13. The van der Waals surface area contributed by atoms with Crippen molar-refractivity contribution in [3.05, 3.63) is 52.3 Å².